The Balaban J connectivity index is 2.20. The highest BCUT2D eigenvalue weighted by Gasteiger charge is 2.36. The topological polar surface area (TPSA) is 88.6 Å². The average molecular weight is 368 g/mol. The van der Waals surface area contributed by atoms with Crippen molar-refractivity contribution < 1.29 is 0 Å². The van der Waals surface area contributed by atoms with Crippen molar-refractivity contribution in [2.75, 3.05) is 0 Å². The van der Waals surface area contributed by atoms with Crippen molar-refractivity contribution in [3.05, 3.63) is 45.6 Å². The van der Waals surface area contributed by atoms with Gasteiger partial charge in [-0.1, -0.05) is 25.5 Å². The standard InChI is InChI=1S/C17H14BrN5/c1-2-4-14-12(8-20)15(13-9-21-23-17(13)22-14)11-6-3-5-10(7-19)16(11)18/h3,5-6,9,12,15H,2,4H2,1H3,(H,21,23). The second-order valence-electron chi connectivity index (χ2n) is 5.43. The Kier molecular flexibility index (Phi) is 4.27. The normalized spacial score (nSPS) is 19.4. The zero-order valence-corrected chi connectivity index (χ0v) is 14.1. The molecule has 1 aromatic carbocycles. The lowest BCUT2D eigenvalue weighted by atomic mass is 9.77. The quantitative estimate of drug-likeness (QED) is 0.881. The molecule has 23 heavy (non-hydrogen) atoms. The van der Waals surface area contributed by atoms with Gasteiger partial charge in [0.25, 0.3) is 0 Å². The fourth-order valence-electron chi connectivity index (χ4n) is 3.03. The van der Waals surface area contributed by atoms with Crippen molar-refractivity contribution in [1.29, 1.82) is 10.5 Å². The number of H-pyrrole nitrogens is 1. The van der Waals surface area contributed by atoms with Crippen LogP contribution in [0.3, 0.4) is 0 Å². The van der Waals surface area contributed by atoms with Crippen LogP contribution in [0.2, 0.25) is 0 Å². The maximum atomic E-state index is 9.76. The summed E-state index contributed by atoms with van der Waals surface area (Å²) in [5.74, 6) is 0.167. The maximum Gasteiger partial charge on any atom is 0.151 e. The van der Waals surface area contributed by atoms with Gasteiger partial charge in [-0.3, -0.25) is 5.10 Å². The minimum Gasteiger partial charge on any atom is -0.261 e. The molecule has 114 valence electrons. The van der Waals surface area contributed by atoms with Crippen molar-refractivity contribution in [1.82, 2.24) is 10.2 Å². The third kappa shape index (κ3) is 2.56. The molecular formula is C17H14BrN5. The zero-order chi connectivity index (χ0) is 16.4. The van der Waals surface area contributed by atoms with Crippen LogP contribution in [0.4, 0.5) is 5.82 Å². The third-order valence-corrected chi connectivity index (χ3v) is 4.94. The molecule has 0 spiro atoms. The van der Waals surface area contributed by atoms with E-state index in [4.69, 9.17) is 0 Å². The Morgan fingerprint density at radius 3 is 2.83 bits per heavy atom. The number of hydrogen-bond acceptors (Lipinski definition) is 4. The molecule has 6 heteroatoms. The second kappa shape index (κ2) is 6.36. The summed E-state index contributed by atoms with van der Waals surface area (Å²) in [5.41, 5.74) is 3.24. The van der Waals surface area contributed by atoms with E-state index in [2.05, 4.69) is 50.2 Å². The Morgan fingerprint density at radius 2 is 2.13 bits per heavy atom. The second-order valence-corrected chi connectivity index (χ2v) is 6.23. The number of nitriles is 2. The Morgan fingerprint density at radius 1 is 1.30 bits per heavy atom. The highest BCUT2D eigenvalue weighted by Crippen LogP contribution is 2.44. The maximum absolute atomic E-state index is 9.76. The van der Waals surface area contributed by atoms with Crippen molar-refractivity contribution in [3.8, 4) is 12.1 Å². The molecule has 3 rings (SSSR count). The van der Waals surface area contributed by atoms with E-state index in [0.29, 0.717) is 11.4 Å². The molecule has 0 fully saturated rings. The highest BCUT2D eigenvalue weighted by atomic mass is 79.9. The Hall–Kier alpha value is -2.44. The minimum absolute atomic E-state index is 0.185. The summed E-state index contributed by atoms with van der Waals surface area (Å²) >= 11 is 3.53. The highest BCUT2D eigenvalue weighted by molar-refractivity contribution is 9.10. The van der Waals surface area contributed by atoms with Crippen molar-refractivity contribution >= 4 is 27.5 Å². The van der Waals surface area contributed by atoms with Crippen molar-refractivity contribution in [2.24, 2.45) is 10.9 Å². The van der Waals surface area contributed by atoms with Gasteiger partial charge in [-0.2, -0.15) is 15.6 Å². The first-order chi connectivity index (χ1) is 11.2. The monoisotopic (exact) mass is 367 g/mol. The molecule has 2 atom stereocenters. The zero-order valence-electron chi connectivity index (χ0n) is 12.5. The van der Waals surface area contributed by atoms with E-state index in [1.54, 1.807) is 12.3 Å². The molecule has 1 aromatic heterocycles. The van der Waals surface area contributed by atoms with E-state index in [9.17, 15) is 10.5 Å². The molecule has 0 amide bonds. The van der Waals surface area contributed by atoms with E-state index >= 15 is 0 Å². The molecule has 0 saturated heterocycles. The van der Waals surface area contributed by atoms with Gasteiger partial charge in [-0.15, -0.1) is 0 Å². The summed E-state index contributed by atoms with van der Waals surface area (Å²) in [6, 6.07) is 10.1. The molecule has 1 aliphatic heterocycles. The van der Waals surface area contributed by atoms with Crippen LogP contribution in [-0.4, -0.2) is 15.9 Å². The van der Waals surface area contributed by atoms with Gasteiger partial charge >= 0.3 is 0 Å². The summed E-state index contributed by atoms with van der Waals surface area (Å²) in [5, 5.41) is 26.0. The summed E-state index contributed by atoms with van der Waals surface area (Å²) in [4.78, 5) is 4.59. The van der Waals surface area contributed by atoms with Gasteiger partial charge in [-0.25, -0.2) is 4.99 Å². The molecule has 0 bridgehead atoms. The molecule has 0 radical (unpaired) electrons. The van der Waals surface area contributed by atoms with Gasteiger partial charge < -0.3 is 0 Å². The van der Waals surface area contributed by atoms with Crippen LogP contribution in [0.25, 0.3) is 0 Å². The van der Waals surface area contributed by atoms with Crippen LogP contribution in [0.15, 0.2) is 33.9 Å². The SMILES string of the molecule is CCCC1=Nc2[nH]ncc2C(c2cccc(C#N)c2Br)C1C#N. The van der Waals surface area contributed by atoms with E-state index in [1.807, 2.05) is 12.1 Å². The molecule has 0 saturated carbocycles. The first-order valence-corrected chi connectivity index (χ1v) is 8.19. The third-order valence-electron chi connectivity index (χ3n) is 4.06. The van der Waals surface area contributed by atoms with E-state index < -0.39 is 0 Å². The predicted octanol–water partition coefficient (Wildman–Crippen LogP) is 4.20. The summed E-state index contributed by atoms with van der Waals surface area (Å²) in [6.45, 7) is 2.07. The lowest BCUT2D eigenvalue weighted by Crippen LogP contribution is -2.25. The number of nitrogens with one attached hydrogen (secondary N) is 1. The fourth-order valence-corrected chi connectivity index (χ4v) is 3.63. The number of aromatic nitrogens is 2. The number of fused-ring (bicyclic) bond motifs is 1. The summed E-state index contributed by atoms with van der Waals surface area (Å²) < 4.78 is 0.734. The van der Waals surface area contributed by atoms with Crippen LogP contribution in [0.5, 0.6) is 0 Å². The van der Waals surface area contributed by atoms with Crippen LogP contribution in [0.1, 0.15) is 42.4 Å². The van der Waals surface area contributed by atoms with Gasteiger partial charge in [0.05, 0.1) is 23.7 Å². The van der Waals surface area contributed by atoms with E-state index in [0.717, 1.165) is 34.2 Å². The van der Waals surface area contributed by atoms with Crippen molar-refractivity contribution in [2.45, 2.75) is 25.7 Å². The fraction of sp³-hybridized carbons (Fsp3) is 0.294. The lowest BCUT2D eigenvalue weighted by molar-refractivity contribution is 0.696. The van der Waals surface area contributed by atoms with Crippen LogP contribution >= 0.6 is 15.9 Å². The number of aliphatic imine (C=N–C) groups is 1. The lowest BCUT2D eigenvalue weighted by Gasteiger charge is -2.28. The largest absolute Gasteiger partial charge is 0.261 e. The first-order valence-electron chi connectivity index (χ1n) is 7.40. The van der Waals surface area contributed by atoms with Gasteiger partial charge in [0.2, 0.25) is 0 Å². The number of hydrogen-bond donors (Lipinski definition) is 1. The molecule has 2 unspecified atom stereocenters. The van der Waals surface area contributed by atoms with Crippen LogP contribution in [0, 0.1) is 28.6 Å². The van der Waals surface area contributed by atoms with Crippen LogP contribution < -0.4 is 0 Å². The predicted molar refractivity (Wildman–Crippen MR) is 90.4 cm³/mol. The molecule has 2 aromatic rings. The Bertz CT molecular complexity index is 853. The van der Waals surface area contributed by atoms with Gasteiger partial charge in [0.1, 0.15) is 6.07 Å². The number of aromatic amines is 1. The molecular weight excluding hydrogens is 354 g/mol. The smallest absolute Gasteiger partial charge is 0.151 e. The molecule has 5 nitrogen and oxygen atoms in total. The van der Waals surface area contributed by atoms with E-state index in [1.165, 1.54) is 0 Å². The molecule has 1 N–H and O–H groups in total. The number of halogens is 1. The molecule has 0 aliphatic carbocycles. The number of nitrogens with zero attached hydrogens (tertiary/aromatic N) is 4. The summed E-state index contributed by atoms with van der Waals surface area (Å²) in [7, 11) is 0. The van der Waals surface area contributed by atoms with Gasteiger partial charge in [-0.05, 0) is 34.0 Å². The average Bonchev–Trinajstić information content (AvgIpc) is 3.02. The first kappa shape index (κ1) is 15.5. The minimum atomic E-state index is -0.356. The van der Waals surface area contributed by atoms with Gasteiger partial charge in [0.15, 0.2) is 5.82 Å². The summed E-state index contributed by atoms with van der Waals surface area (Å²) in [6.07, 6.45) is 3.41. The number of benzene rings is 1. The van der Waals surface area contributed by atoms with Crippen LogP contribution in [-0.2, 0) is 0 Å². The Labute approximate surface area is 142 Å². The van der Waals surface area contributed by atoms with E-state index in [-0.39, 0.29) is 11.8 Å². The van der Waals surface area contributed by atoms with Gasteiger partial charge in [0, 0.05) is 21.7 Å². The number of rotatable bonds is 3. The molecule has 1 aliphatic rings. The van der Waals surface area contributed by atoms with Crippen molar-refractivity contribution in [3.63, 3.8) is 0 Å². The molecule has 2 heterocycles.